The van der Waals surface area contributed by atoms with Gasteiger partial charge in [-0.25, -0.2) is 22.4 Å². The van der Waals surface area contributed by atoms with E-state index in [1.807, 2.05) is 11.8 Å². The third kappa shape index (κ3) is 4.67. The Morgan fingerprint density at radius 1 is 1.32 bits per heavy atom. The van der Waals surface area contributed by atoms with Crippen molar-refractivity contribution in [1.82, 2.24) is 29.6 Å². The fourth-order valence-electron chi connectivity index (χ4n) is 4.92. The highest BCUT2D eigenvalue weighted by molar-refractivity contribution is 5.89. The lowest BCUT2D eigenvalue weighted by Crippen LogP contribution is -2.43. The van der Waals surface area contributed by atoms with Crippen LogP contribution in [0.4, 0.5) is 19.1 Å². The van der Waals surface area contributed by atoms with Crippen molar-refractivity contribution in [2.75, 3.05) is 18.6 Å². The monoisotopic (exact) mass is 513 g/mol. The number of halogens is 3. The molecule has 0 aliphatic heterocycles. The lowest BCUT2D eigenvalue weighted by molar-refractivity contribution is 0.0171. The minimum absolute atomic E-state index is 0.0487. The molecule has 0 radical (unpaired) electrons. The molecule has 1 aromatic carbocycles. The quantitative estimate of drug-likeness (QED) is 0.377. The molecular formula is C25H26F3N7O2. The summed E-state index contributed by atoms with van der Waals surface area (Å²) < 4.78 is 49.0. The Hall–Kier alpha value is -3.85. The molecule has 3 aromatic heterocycles. The Morgan fingerprint density at radius 3 is 2.76 bits per heavy atom. The van der Waals surface area contributed by atoms with Crippen molar-refractivity contribution < 1.29 is 23.0 Å². The highest BCUT2D eigenvalue weighted by Gasteiger charge is 2.33. The maximum Gasteiger partial charge on any atom is 0.258 e. The van der Waals surface area contributed by atoms with Gasteiger partial charge in [-0.15, -0.1) is 16.6 Å². The molecule has 1 N–H and O–H groups in total. The number of nitrogens with zero attached hydrogens (tertiary/aromatic N) is 7. The number of fused-ring (bicyclic) bond motifs is 2. The van der Waals surface area contributed by atoms with Gasteiger partial charge in [-0.3, -0.25) is 0 Å². The molecule has 1 aliphatic carbocycles. The average molecular weight is 514 g/mol. The number of aliphatic hydroxyl groups is 1. The molecule has 0 spiro atoms. The molecule has 12 heteroatoms. The second kappa shape index (κ2) is 9.55. The summed E-state index contributed by atoms with van der Waals surface area (Å²) in [6.07, 6.45) is 7.41. The summed E-state index contributed by atoms with van der Waals surface area (Å²) in [5.74, 6) is 2.60. The van der Waals surface area contributed by atoms with Crippen molar-refractivity contribution in [2.45, 2.75) is 57.2 Å². The molecule has 4 aromatic rings. The maximum absolute atomic E-state index is 14.9. The van der Waals surface area contributed by atoms with Gasteiger partial charge in [0.25, 0.3) is 6.43 Å². The van der Waals surface area contributed by atoms with E-state index >= 15 is 0 Å². The van der Waals surface area contributed by atoms with E-state index in [1.54, 1.807) is 22.8 Å². The summed E-state index contributed by atoms with van der Waals surface area (Å²) in [6.45, 7) is 1.41. The predicted molar refractivity (Wildman–Crippen MR) is 131 cm³/mol. The van der Waals surface area contributed by atoms with Crippen LogP contribution in [-0.4, -0.2) is 66.4 Å². The van der Waals surface area contributed by atoms with E-state index in [4.69, 9.17) is 11.2 Å². The van der Waals surface area contributed by atoms with Gasteiger partial charge < -0.3 is 14.7 Å². The molecule has 0 bridgehead atoms. The number of hydrogen-bond acceptors (Lipinski definition) is 7. The fourth-order valence-corrected chi connectivity index (χ4v) is 4.92. The van der Waals surface area contributed by atoms with Crippen LogP contribution in [0, 0.1) is 18.2 Å². The first-order valence-corrected chi connectivity index (χ1v) is 11.9. The van der Waals surface area contributed by atoms with E-state index in [9.17, 15) is 18.3 Å². The molecule has 1 saturated carbocycles. The summed E-state index contributed by atoms with van der Waals surface area (Å²) in [6, 6.07) is 4.60. The molecule has 1 fully saturated rings. The Balaban J connectivity index is 1.58. The summed E-state index contributed by atoms with van der Waals surface area (Å²) >= 11 is 0. The Kier molecular flexibility index (Phi) is 6.41. The molecule has 1 aliphatic rings. The first-order valence-electron chi connectivity index (χ1n) is 11.9. The minimum Gasteiger partial charge on any atom is -0.479 e. The Labute approximate surface area is 210 Å². The van der Waals surface area contributed by atoms with Crippen LogP contribution in [0.5, 0.6) is 5.88 Å². The van der Waals surface area contributed by atoms with Crippen LogP contribution in [0.3, 0.4) is 0 Å². The van der Waals surface area contributed by atoms with Crippen LogP contribution in [0.2, 0.25) is 0 Å². The van der Waals surface area contributed by atoms with Gasteiger partial charge in [-0.2, -0.15) is 4.98 Å². The molecule has 37 heavy (non-hydrogen) atoms. The Bertz CT molecular complexity index is 1480. The highest BCUT2D eigenvalue weighted by atomic mass is 19.3. The number of terminal acetylenes is 1. The molecule has 5 rings (SSSR count). The van der Waals surface area contributed by atoms with Crippen LogP contribution < -0.4 is 9.64 Å². The zero-order chi connectivity index (χ0) is 26.3. The average Bonchev–Trinajstić information content (AvgIpc) is 3.46. The number of methoxy groups -OCH3 is 1. The second-order valence-electron chi connectivity index (χ2n) is 9.49. The third-order valence-corrected chi connectivity index (χ3v) is 6.85. The topological polar surface area (TPSA) is 93.6 Å². The largest absolute Gasteiger partial charge is 0.479 e. The van der Waals surface area contributed by atoms with Crippen molar-refractivity contribution in [3.63, 3.8) is 0 Å². The number of rotatable bonds is 7. The van der Waals surface area contributed by atoms with Crippen LogP contribution in [-0.2, 0) is 6.54 Å². The first kappa shape index (κ1) is 24.8. The fraction of sp³-hybridized carbons (Fsp3) is 0.440. The normalized spacial score (nSPS) is 20.0. The smallest absolute Gasteiger partial charge is 0.258 e. The van der Waals surface area contributed by atoms with Gasteiger partial charge in [0.15, 0.2) is 5.82 Å². The third-order valence-electron chi connectivity index (χ3n) is 6.85. The first-order chi connectivity index (χ1) is 17.7. The zero-order valence-corrected chi connectivity index (χ0v) is 20.4. The van der Waals surface area contributed by atoms with Crippen LogP contribution in [0.25, 0.3) is 27.7 Å². The van der Waals surface area contributed by atoms with E-state index in [-0.39, 0.29) is 29.5 Å². The van der Waals surface area contributed by atoms with Crippen LogP contribution in [0.1, 0.15) is 32.6 Å². The molecule has 0 saturated heterocycles. The van der Waals surface area contributed by atoms with Gasteiger partial charge in [0.05, 0.1) is 24.8 Å². The number of benzene rings is 1. The number of anilines is 1. The van der Waals surface area contributed by atoms with Crippen molar-refractivity contribution in [3.05, 3.63) is 30.2 Å². The summed E-state index contributed by atoms with van der Waals surface area (Å²) in [5, 5.41) is 22.4. The lowest BCUT2D eigenvalue weighted by Gasteiger charge is -2.38. The maximum atomic E-state index is 14.9. The molecule has 0 unspecified atom stereocenters. The number of aromatic nitrogens is 6. The van der Waals surface area contributed by atoms with Crippen molar-refractivity contribution in [2.24, 2.45) is 0 Å². The van der Waals surface area contributed by atoms with Crippen LogP contribution in [0.15, 0.2) is 24.4 Å². The molecule has 9 nitrogen and oxygen atoms in total. The van der Waals surface area contributed by atoms with E-state index in [0.29, 0.717) is 35.4 Å². The second-order valence-corrected chi connectivity index (χ2v) is 9.49. The van der Waals surface area contributed by atoms with Gasteiger partial charge in [0.2, 0.25) is 11.8 Å². The SMILES string of the molecule is C#CCN(c1nc(OC)c2c(-c3cc(F)c4nnn(CC(F)F)c4c3)ccn2n1)C1CCC(C)(O)CC1. The number of alkyl halides is 2. The van der Waals surface area contributed by atoms with Gasteiger partial charge in [0.1, 0.15) is 17.6 Å². The molecule has 0 amide bonds. The van der Waals surface area contributed by atoms with Gasteiger partial charge >= 0.3 is 0 Å². The summed E-state index contributed by atoms with van der Waals surface area (Å²) in [4.78, 5) is 6.56. The predicted octanol–water partition coefficient (Wildman–Crippen LogP) is 3.69. The van der Waals surface area contributed by atoms with Crippen molar-refractivity contribution in [3.8, 4) is 29.4 Å². The summed E-state index contributed by atoms with van der Waals surface area (Å²) in [7, 11) is 1.47. The molecule has 3 heterocycles. The molecule has 0 atom stereocenters. The molecular weight excluding hydrogens is 487 g/mol. The van der Waals surface area contributed by atoms with E-state index in [0.717, 1.165) is 17.5 Å². The van der Waals surface area contributed by atoms with E-state index < -0.39 is 24.4 Å². The molecule has 194 valence electrons. The van der Waals surface area contributed by atoms with E-state index in [1.165, 1.54) is 13.2 Å². The van der Waals surface area contributed by atoms with Gasteiger partial charge in [-0.1, -0.05) is 11.1 Å². The lowest BCUT2D eigenvalue weighted by atomic mass is 9.83. The van der Waals surface area contributed by atoms with Crippen LogP contribution >= 0.6 is 0 Å². The standard InChI is InChI=1S/C25H26F3N7O2/c1-4-10-33(16-5-8-25(2,36)9-6-16)24-29-23(37-3)22-17(7-11-34(22)31-24)15-12-18(26)21-19(13-15)35(32-30-21)14-20(27)28/h1,7,11-13,16,20,36H,5-6,8-10,14H2,2-3H3. The zero-order valence-electron chi connectivity index (χ0n) is 20.4. The minimum atomic E-state index is -2.67. The number of hydrogen-bond donors (Lipinski definition) is 1. The van der Waals surface area contributed by atoms with E-state index in [2.05, 4.69) is 26.3 Å². The Morgan fingerprint density at radius 2 is 2.08 bits per heavy atom. The summed E-state index contributed by atoms with van der Waals surface area (Å²) in [5.41, 5.74) is 0.799. The van der Waals surface area contributed by atoms with Crippen molar-refractivity contribution in [1.29, 1.82) is 0 Å². The van der Waals surface area contributed by atoms with Crippen molar-refractivity contribution >= 4 is 22.5 Å². The van der Waals surface area contributed by atoms with Gasteiger partial charge in [0, 0.05) is 17.8 Å². The highest BCUT2D eigenvalue weighted by Crippen LogP contribution is 2.36. The number of ether oxygens (including phenoxy) is 1. The van der Waals surface area contributed by atoms with Gasteiger partial charge in [-0.05, 0) is 56.4 Å².